The monoisotopic (exact) mass is 305 g/mol. The summed E-state index contributed by atoms with van der Waals surface area (Å²) >= 11 is 12.1. The molecule has 0 saturated heterocycles. The van der Waals surface area contributed by atoms with Crippen molar-refractivity contribution in [2.75, 3.05) is 20.3 Å². The summed E-state index contributed by atoms with van der Waals surface area (Å²) in [5, 5.41) is 4.40. The van der Waals surface area contributed by atoms with E-state index >= 15 is 0 Å². The third-order valence-electron chi connectivity index (χ3n) is 2.54. The quantitative estimate of drug-likeness (QED) is 0.739. The molecule has 108 valence electrons. The number of rotatable bonds is 8. The second-order valence-electron chi connectivity index (χ2n) is 4.54. The van der Waals surface area contributed by atoms with Crippen LogP contribution in [0.1, 0.15) is 25.8 Å². The van der Waals surface area contributed by atoms with Crippen LogP contribution in [-0.2, 0) is 11.3 Å². The Morgan fingerprint density at radius 1 is 1.21 bits per heavy atom. The fourth-order valence-electron chi connectivity index (χ4n) is 1.66. The zero-order valence-electron chi connectivity index (χ0n) is 11.6. The summed E-state index contributed by atoms with van der Waals surface area (Å²) in [6, 6.07) is 3.73. The molecule has 19 heavy (non-hydrogen) atoms. The van der Waals surface area contributed by atoms with Crippen LogP contribution in [0.2, 0.25) is 10.0 Å². The molecule has 5 heteroatoms. The summed E-state index contributed by atoms with van der Waals surface area (Å²) in [6.07, 6.45) is 1.27. The molecule has 0 bridgehead atoms. The van der Waals surface area contributed by atoms with Crippen LogP contribution in [0.5, 0.6) is 5.75 Å². The Morgan fingerprint density at radius 2 is 1.84 bits per heavy atom. The Bertz CT molecular complexity index is 374. The fourth-order valence-corrected chi connectivity index (χ4v) is 2.34. The number of benzene rings is 1. The summed E-state index contributed by atoms with van der Waals surface area (Å²) in [5.74, 6) is 0.525. The molecule has 0 unspecified atom stereocenters. The first-order valence-electron chi connectivity index (χ1n) is 6.38. The van der Waals surface area contributed by atoms with Gasteiger partial charge in [0.05, 0.1) is 23.3 Å². The summed E-state index contributed by atoms with van der Waals surface area (Å²) < 4.78 is 10.6. The molecule has 3 nitrogen and oxygen atoms in total. The van der Waals surface area contributed by atoms with E-state index < -0.39 is 0 Å². The average molecular weight is 306 g/mol. The fraction of sp³-hybridized carbons (Fsp3) is 0.571. The Kier molecular flexibility index (Phi) is 7.54. The van der Waals surface area contributed by atoms with Gasteiger partial charge in [-0.2, -0.15) is 0 Å². The lowest BCUT2D eigenvalue weighted by molar-refractivity contribution is 0.0770. The van der Waals surface area contributed by atoms with Crippen molar-refractivity contribution in [3.05, 3.63) is 27.7 Å². The molecule has 0 saturated carbocycles. The Labute approximate surface area is 125 Å². The Hall–Kier alpha value is -0.480. The van der Waals surface area contributed by atoms with E-state index in [-0.39, 0.29) is 0 Å². The van der Waals surface area contributed by atoms with Gasteiger partial charge in [-0.1, -0.05) is 23.2 Å². The maximum Gasteiger partial charge on any atom is 0.156 e. The molecule has 0 atom stereocenters. The first-order valence-corrected chi connectivity index (χ1v) is 7.14. The van der Waals surface area contributed by atoms with Crippen molar-refractivity contribution >= 4 is 23.2 Å². The van der Waals surface area contributed by atoms with Gasteiger partial charge in [-0.3, -0.25) is 0 Å². The van der Waals surface area contributed by atoms with E-state index in [0.29, 0.717) is 21.9 Å². The van der Waals surface area contributed by atoms with Crippen LogP contribution in [0.25, 0.3) is 0 Å². The van der Waals surface area contributed by atoms with Crippen LogP contribution >= 0.6 is 23.2 Å². The second-order valence-corrected chi connectivity index (χ2v) is 5.36. The highest BCUT2D eigenvalue weighted by atomic mass is 35.5. The maximum atomic E-state index is 6.07. The lowest BCUT2D eigenvalue weighted by atomic mass is 10.2. The van der Waals surface area contributed by atoms with E-state index in [0.717, 1.165) is 31.7 Å². The van der Waals surface area contributed by atoms with E-state index in [4.69, 9.17) is 32.7 Å². The number of methoxy groups -OCH3 is 1. The van der Waals surface area contributed by atoms with Gasteiger partial charge in [0.1, 0.15) is 0 Å². The zero-order chi connectivity index (χ0) is 14.3. The highest BCUT2D eigenvalue weighted by Crippen LogP contribution is 2.33. The third kappa shape index (κ3) is 6.00. The molecule has 0 aliphatic heterocycles. The Balaban J connectivity index is 2.34. The summed E-state index contributed by atoms with van der Waals surface area (Å²) in [7, 11) is 1.56. The minimum atomic E-state index is 0.291. The highest BCUT2D eigenvalue weighted by Gasteiger charge is 2.08. The zero-order valence-corrected chi connectivity index (χ0v) is 13.1. The minimum Gasteiger partial charge on any atom is -0.494 e. The molecule has 0 amide bonds. The van der Waals surface area contributed by atoms with E-state index in [1.165, 1.54) is 0 Å². The summed E-state index contributed by atoms with van der Waals surface area (Å²) in [5.41, 5.74) is 1.04. The van der Waals surface area contributed by atoms with Gasteiger partial charge in [-0.15, -0.1) is 0 Å². The van der Waals surface area contributed by atoms with Gasteiger partial charge in [-0.25, -0.2) is 0 Å². The standard InChI is InChI=1S/C14H21Cl2NO2/c1-10(2)19-6-4-5-17-9-11-7-12(15)14(18-3)13(16)8-11/h7-8,10,17H,4-6,9H2,1-3H3. The first kappa shape index (κ1) is 16.6. The van der Waals surface area contributed by atoms with E-state index in [1.54, 1.807) is 7.11 Å². The van der Waals surface area contributed by atoms with Crippen LogP contribution in [-0.4, -0.2) is 26.4 Å². The van der Waals surface area contributed by atoms with Gasteiger partial charge in [-0.05, 0) is 44.5 Å². The van der Waals surface area contributed by atoms with Gasteiger partial charge in [0.25, 0.3) is 0 Å². The number of hydrogen-bond donors (Lipinski definition) is 1. The number of nitrogens with one attached hydrogen (secondary N) is 1. The molecule has 1 aromatic carbocycles. The van der Waals surface area contributed by atoms with Crippen molar-refractivity contribution in [2.45, 2.75) is 32.9 Å². The second kappa shape index (κ2) is 8.64. The molecule has 1 aromatic rings. The largest absolute Gasteiger partial charge is 0.494 e. The van der Waals surface area contributed by atoms with Crippen molar-refractivity contribution < 1.29 is 9.47 Å². The van der Waals surface area contributed by atoms with Gasteiger partial charge in [0.2, 0.25) is 0 Å². The van der Waals surface area contributed by atoms with Crippen LogP contribution in [0, 0.1) is 0 Å². The summed E-state index contributed by atoms with van der Waals surface area (Å²) in [4.78, 5) is 0. The molecule has 1 N–H and O–H groups in total. The van der Waals surface area contributed by atoms with E-state index in [2.05, 4.69) is 5.32 Å². The van der Waals surface area contributed by atoms with E-state index in [1.807, 2.05) is 26.0 Å². The van der Waals surface area contributed by atoms with Crippen molar-refractivity contribution in [3.63, 3.8) is 0 Å². The van der Waals surface area contributed by atoms with Crippen molar-refractivity contribution in [2.24, 2.45) is 0 Å². The predicted octanol–water partition coefficient (Wildman–Crippen LogP) is 3.91. The lowest BCUT2D eigenvalue weighted by Crippen LogP contribution is -2.17. The number of hydrogen-bond acceptors (Lipinski definition) is 3. The van der Waals surface area contributed by atoms with Crippen LogP contribution in [0.4, 0.5) is 0 Å². The van der Waals surface area contributed by atoms with Gasteiger partial charge in [0, 0.05) is 13.2 Å². The van der Waals surface area contributed by atoms with Crippen molar-refractivity contribution in [3.8, 4) is 5.75 Å². The molecule has 0 spiro atoms. The molecule has 1 rings (SSSR count). The normalized spacial score (nSPS) is 11.1. The van der Waals surface area contributed by atoms with Gasteiger partial charge in [0.15, 0.2) is 5.75 Å². The Morgan fingerprint density at radius 3 is 2.37 bits per heavy atom. The molecular weight excluding hydrogens is 285 g/mol. The smallest absolute Gasteiger partial charge is 0.156 e. The highest BCUT2D eigenvalue weighted by molar-refractivity contribution is 6.37. The van der Waals surface area contributed by atoms with Crippen LogP contribution in [0.15, 0.2) is 12.1 Å². The molecule has 0 aliphatic carbocycles. The number of ether oxygens (including phenoxy) is 2. The third-order valence-corrected chi connectivity index (χ3v) is 3.10. The van der Waals surface area contributed by atoms with Crippen LogP contribution < -0.4 is 10.1 Å². The van der Waals surface area contributed by atoms with Crippen molar-refractivity contribution in [1.29, 1.82) is 0 Å². The summed E-state index contributed by atoms with van der Waals surface area (Å²) in [6.45, 7) is 6.47. The lowest BCUT2D eigenvalue weighted by Gasteiger charge is -2.10. The predicted molar refractivity (Wildman–Crippen MR) is 80.4 cm³/mol. The van der Waals surface area contributed by atoms with Gasteiger partial charge < -0.3 is 14.8 Å². The first-order chi connectivity index (χ1) is 9.04. The number of halogens is 2. The molecule has 0 radical (unpaired) electrons. The molecule has 0 aromatic heterocycles. The molecular formula is C14H21Cl2NO2. The molecule has 0 heterocycles. The van der Waals surface area contributed by atoms with E-state index in [9.17, 15) is 0 Å². The average Bonchev–Trinajstić information content (AvgIpc) is 2.33. The maximum absolute atomic E-state index is 6.07. The van der Waals surface area contributed by atoms with Crippen molar-refractivity contribution in [1.82, 2.24) is 5.32 Å². The SMILES string of the molecule is COc1c(Cl)cc(CNCCCOC(C)C)cc1Cl. The van der Waals surface area contributed by atoms with Crippen LogP contribution in [0.3, 0.4) is 0 Å². The van der Waals surface area contributed by atoms with Gasteiger partial charge >= 0.3 is 0 Å². The molecule has 0 aliphatic rings. The minimum absolute atomic E-state index is 0.291. The topological polar surface area (TPSA) is 30.5 Å². The molecule has 0 fully saturated rings.